The van der Waals surface area contributed by atoms with Crippen LogP contribution < -0.4 is 10.5 Å². The molecule has 0 amide bonds. The SMILES string of the molecule is Cc1nc2c(c(=O)[nH]1)CN(c1cc(Br)ccn1)C2. The Balaban J connectivity index is 1.98. The largest absolute Gasteiger partial charge is 0.346 e. The van der Waals surface area contributed by atoms with E-state index in [1.54, 1.807) is 13.1 Å². The molecular weight excluding hydrogens is 296 g/mol. The minimum absolute atomic E-state index is 0.0463. The molecule has 5 nitrogen and oxygen atoms in total. The smallest absolute Gasteiger partial charge is 0.256 e. The van der Waals surface area contributed by atoms with Gasteiger partial charge in [-0.05, 0) is 19.1 Å². The Kier molecular flexibility index (Phi) is 2.66. The van der Waals surface area contributed by atoms with E-state index >= 15 is 0 Å². The maximum absolute atomic E-state index is 11.8. The molecule has 0 aromatic carbocycles. The van der Waals surface area contributed by atoms with Gasteiger partial charge < -0.3 is 9.88 Å². The predicted octanol–water partition coefficient (Wildman–Crippen LogP) is 1.76. The van der Waals surface area contributed by atoms with Gasteiger partial charge in [0.1, 0.15) is 11.6 Å². The number of aromatic amines is 1. The number of rotatable bonds is 1. The van der Waals surface area contributed by atoms with Crippen molar-refractivity contribution >= 4 is 21.7 Å². The first-order valence-corrected chi connectivity index (χ1v) is 6.38. The normalized spacial score (nSPS) is 13.8. The number of aromatic nitrogens is 3. The van der Waals surface area contributed by atoms with Gasteiger partial charge in [-0.25, -0.2) is 9.97 Å². The number of hydrogen-bond acceptors (Lipinski definition) is 4. The number of nitrogens with one attached hydrogen (secondary N) is 1. The third kappa shape index (κ3) is 1.92. The van der Waals surface area contributed by atoms with Crippen molar-refractivity contribution in [2.75, 3.05) is 4.90 Å². The Bertz CT molecular complexity index is 667. The fraction of sp³-hybridized carbons (Fsp3) is 0.250. The first kappa shape index (κ1) is 11.4. The van der Waals surface area contributed by atoms with E-state index in [1.165, 1.54) is 0 Å². The molecule has 0 saturated heterocycles. The number of pyridine rings is 1. The summed E-state index contributed by atoms with van der Waals surface area (Å²) in [6.45, 7) is 2.98. The number of fused-ring (bicyclic) bond motifs is 1. The van der Waals surface area contributed by atoms with E-state index in [9.17, 15) is 4.79 Å². The van der Waals surface area contributed by atoms with Crippen LogP contribution in [0.5, 0.6) is 0 Å². The summed E-state index contributed by atoms with van der Waals surface area (Å²) in [5.74, 6) is 1.50. The second-order valence-corrected chi connectivity index (χ2v) is 5.18. The van der Waals surface area contributed by atoms with Gasteiger partial charge >= 0.3 is 0 Å². The molecule has 6 heteroatoms. The molecule has 1 N–H and O–H groups in total. The molecule has 18 heavy (non-hydrogen) atoms. The van der Waals surface area contributed by atoms with E-state index in [4.69, 9.17) is 0 Å². The highest BCUT2D eigenvalue weighted by Crippen LogP contribution is 2.25. The van der Waals surface area contributed by atoms with Gasteiger partial charge in [-0.15, -0.1) is 0 Å². The summed E-state index contributed by atoms with van der Waals surface area (Å²) >= 11 is 3.42. The van der Waals surface area contributed by atoms with Crippen molar-refractivity contribution in [1.82, 2.24) is 15.0 Å². The van der Waals surface area contributed by atoms with Crippen LogP contribution >= 0.6 is 15.9 Å². The van der Waals surface area contributed by atoms with Crippen molar-refractivity contribution in [3.63, 3.8) is 0 Å². The third-order valence-electron chi connectivity index (χ3n) is 2.94. The second kappa shape index (κ2) is 4.20. The first-order valence-electron chi connectivity index (χ1n) is 5.58. The molecule has 0 unspecified atom stereocenters. The van der Waals surface area contributed by atoms with Crippen LogP contribution in [0.3, 0.4) is 0 Å². The molecule has 0 bridgehead atoms. The Labute approximate surface area is 112 Å². The maximum Gasteiger partial charge on any atom is 0.256 e. The highest BCUT2D eigenvalue weighted by atomic mass is 79.9. The quantitative estimate of drug-likeness (QED) is 0.872. The van der Waals surface area contributed by atoms with E-state index in [2.05, 4.69) is 30.9 Å². The highest BCUT2D eigenvalue weighted by molar-refractivity contribution is 9.10. The number of aryl methyl sites for hydroxylation is 1. The average molecular weight is 307 g/mol. The van der Waals surface area contributed by atoms with Crippen molar-refractivity contribution in [3.05, 3.63) is 50.2 Å². The minimum Gasteiger partial charge on any atom is -0.346 e. The molecule has 0 saturated carbocycles. The van der Waals surface area contributed by atoms with Gasteiger partial charge in [0.15, 0.2) is 0 Å². The minimum atomic E-state index is -0.0463. The summed E-state index contributed by atoms with van der Waals surface area (Å²) < 4.78 is 0.974. The van der Waals surface area contributed by atoms with Crippen LogP contribution in [0.15, 0.2) is 27.6 Å². The van der Waals surface area contributed by atoms with Crippen molar-refractivity contribution in [3.8, 4) is 0 Å². The summed E-state index contributed by atoms with van der Waals surface area (Å²) in [6, 6.07) is 3.81. The molecule has 1 aliphatic heterocycles. The Morgan fingerprint density at radius 2 is 2.28 bits per heavy atom. The number of hydrogen-bond donors (Lipinski definition) is 1. The predicted molar refractivity (Wildman–Crippen MR) is 71.4 cm³/mol. The molecule has 0 aliphatic carbocycles. The molecule has 0 spiro atoms. The van der Waals surface area contributed by atoms with Crippen LogP contribution in [-0.4, -0.2) is 15.0 Å². The zero-order valence-corrected chi connectivity index (χ0v) is 11.4. The van der Waals surface area contributed by atoms with Crippen molar-refractivity contribution < 1.29 is 0 Å². The van der Waals surface area contributed by atoms with Gasteiger partial charge in [0.2, 0.25) is 0 Å². The van der Waals surface area contributed by atoms with Crippen LogP contribution in [0.4, 0.5) is 5.82 Å². The Morgan fingerprint density at radius 3 is 3.06 bits per heavy atom. The van der Waals surface area contributed by atoms with Crippen LogP contribution in [-0.2, 0) is 13.1 Å². The highest BCUT2D eigenvalue weighted by Gasteiger charge is 2.24. The zero-order valence-electron chi connectivity index (χ0n) is 9.77. The van der Waals surface area contributed by atoms with Gasteiger partial charge in [0.25, 0.3) is 5.56 Å². The van der Waals surface area contributed by atoms with Crippen LogP contribution in [0.25, 0.3) is 0 Å². The Hall–Kier alpha value is -1.69. The van der Waals surface area contributed by atoms with Gasteiger partial charge in [-0.1, -0.05) is 15.9 Å². The third-order valence-corrected chi connectivity index (χ3v) is 3.43. The Morgan fingerprint density at radius 1 is 1.44 bits per heavy atom. The van der Waals surface area contributed by atoms with E-state index in [1.807, 2.05) is 17.0 Å². The fourth-order valence-electron chi connectivity index (χ4n) is 2.12. The lowest BCUT2D eigenvalue weighted by molar-refractivity contribution is 0.845. The number of halogens is 1. The van der Waals surface area contributed by atoms with Crippen molar-refractivity contribution in [1.29, 1.82) is 0 Å². The van der Waals surface area contributed by atoms with Crippen LogP contribution in [0.2, 0.25) is 0 Å². The van der Waals surface area contributed by atoms with Gasteiger partial charge in [-0.2, -0.15) is 0 Å². The molecule has 0 radical (unpaired) electrons. The molecule has 3 rings (SSSR count). The van der Waals surface area contributed by atoms with Gasteiger partial charge in [0.05, 0.1) is 24.3 Å². The average Bonchev–Trinajstić information content (AvgIpc) is 2.73. The monoisotopic (exact) mass is 306 g/mol. The molecule has 1 aliphatic rings. The van der Waals surface area contributed by atoms with Crippen molar-refractivity contribution in [2.24, 2.45) is 0 Å². The summed E-state index contributed by atoms with van der Waals surface area (Å²) in [5.41, 5.74) is 1.54. The lowest BCUT2D eigenvalue weighted by Gasteiger charge is -2.15. The van der Waals surface area contributed by atoms with Gasteiger partial charge in [0, 0.05) is 10.7 Å². The molecule has 2 aromatic rings. The van der Waals surface area contributed by atoms with Crippen LogP contribution in [0.1, 0.15) is 17.1 Å². The lowest BCUT2D eigenvalue weighted by atomic mass is 10.3. The lowest BCUT2D eigenvalue weighted by Crippen LogP contribution is -2.18. The number of nitrogens with zero attached hydrogens (tertiary/aromatic N) is 3. The molecule has 0 fully saturated rings. The number of H-pyrrole nitrogens is 1. The summed E-state index contributed by atoms with van der Waals surface area (Å²) in [4.78, 5) is 25.3. The molecule has 92 valence electrons. The van der Waals surface area contributed by atoms with Gasteiger partial charge in [-0.3, -0.25) is 4.79 Å². The standard InChI is InChI=1S/C12H11BrN4O/c1-7-15-10-6-17(5-9(10)12(18)16-7)11-4-8(13)2-3-14-11/h2-4H,5-6H2,1H3,(H,15,16,18). The zero-order chi connectivity index (χ0) is 12.7. The molecule has 0 atom stereocenters. The van der Waals surface area contributed by atoms with E-state index < -0.39 is 0 Å². The first-order chi connectivity index (χ1) is 8.63. The topological polar surface area (TPSA) is 61.9 Å². The van der Waals surface area contributed by atoms with Crippen LogP contribution in [0, 0.1) is 6.92 Å². The summed E-state index contributed by atoms with van der Waals surface area (Å²) in [5, 5.41) is 0. The van der Waals surface area contributed by atoms with E-state index in [0.717, 1.165) is 21.5 Å². The van der Waals surface area contributed by atoms with E-state index in [-0.39, 0.29) is 5.56 Å². The van der Waals surface area contributed by atoms with E-state index in [0.29, 0.717) is 18.9 Å². The maximum atomic E-state index is 11.8. The molecule has 2 aromatic heterocycles. The summed E-state index contributed by atoms with van der Waals surface area (Å²) in [6.07, 6.45) is 1.74. The second-order valence-electron chi connectivity index (χ2n) is 4.26. The van der Waals surface area contributed by atoms with Crippen molar-refractivity contribution in [2.45, 2.75) is 20.0 Å². The fourth-order valence-corrected chi connectivity index (χ4v) is 2.44. The summed E-state index contributed by atoms with van der Waals surface area (Å²) in [7, 11) is 0. The molecular formula is C12H11BrN4O. The number of anilines is 1. The molecule has 3 heterocycles.